The number of anilines is 1. The summed E-state index contributed by atoms with van der Waals surface area (Å²) in [6.07, 6.45) is 0.931. The van der Waals surface area contributed by atoms with Gasteiger partial charge >= 0.3 is 0 Å². The Morgan fingerprint density at radius 2 is 1.92 bits per heavy atom. The fourth-order valence-corrected chi connectivity index (χ4v) is 4.69. The molecule has 2 aliphatic heterocycles. The van der Waals surface area contributed by atoms with E-state index >= 15 is 0 Å². The van der Waals surface area contributed by atoms with Gasteiger partial charge in [0.15, 0.2) is 6.54 Å². The van der Waals surface area contributed by atoms with E-state index in [9.17, 15) is 9.59 Å². The zero-order valence-corrected chi connectivity index (χ0v) is 15.8. The number of carbonyl (C=O) groups excluding carboxylic acids is 2. The molecule has 1 atom stereocenters. The van der Waals surface area contributed by atoms with Gasteiger partial charge in [0.25, 0.3) is 11.8 Å². The third-order valence-electron chi connectivity index (χ3n) is 5.37. The first-order valence-corrected chi connectivity index (χ1v) is 10.1. The van der Waals surface area contributed by atoms with Gasteiger partial charge in [-0.2, -0.15) is 0 Å². The molecule has 0 unspecified atom stereocenters. The van der Waals surface area contributed by atoms with Gasteiger partial charge in [0.2, 0.25) is 0 Å². The van der Waals surface area contributed by atoms with Crippen molar-refractivity contribution < 1.29 is 14.5 Å². The number of hydrogen-bond acceptors (Lipinski definition) is 3. The van der Waals surface area contributed by atoms with E-state index in [1.165, 1.54) is 21.8 Å². The summed E-state index contributed by atoms with van der Waals surface area (Å²) in [6, 6.07) is 12.2. The van der Waals surface area contributed by atoms with E-state index in [-0.39, 0.29) is 17.9 Å². The Bertz CT molecular complexity index is 797. The molecule has 5 nitrogen and oxygen atoms in total. The molecule has 6 heteroatoms. The number of carbonyl (C=O) groups is 2. The SMILES string of the molecule is C[C@H]1Cc2ccccc2N1C(=O)C[NH+]1CCN(C(=O)c2cccs2)CC1. The highest BCUT2D eigenvalue weighted by Gasteiger charge is 2.33. The monoisotopic (exact) mass is 370 g/mol. The number of quaternary nitrogens is 1. The smallest absolute Gasteiger partial charge is 0.282 e. The van der Waals surface area contributed by atoms with Gasteiger partial charge in [-0.25, -0.2) is 0 Å². The second-order valence-corrected chi connectivity index (χ2v) is 8.09. The first-order chi connectivity index (χ1) is 12.6. The summed E-state index contributed by atoms with van der Waals surface area (Å²) in [4.78, 5) is 31.3. The molecule has 0 spiro atoms. The number of nitrogens with one attached hydrogen (secondary N) is 1. The van der Waals surface area contributed by atoms with Crippen LogP contribution in [0.2, 0.25) is 0 Å². The Morgan fingerprint density at radius 1 is 1.15 bits per heavy atom. The van der Waals surface area contributed by atoms with Gasteiger partial charge in [-0.3, -0.25) is 9.59 Å². The average molecular weight is 370 g/mol. The molecule has 0 aliphatic carbocycles. The summed E-state index contributed by atoms with van der Waals surface area (Å²) < 4.78 is 0. The van der Waals surface area contributed by atoms with Crippen LogP contribution in [-0.4, -0.2) is 55.5 Å². The summed E-state index contributed by atoms with van der Waals surface area (Å²) >= 11 is 1.49. The van der Waals surface area contributed by atoms with Crippen molar-refractivity contribution in [2.75, 3.05) is 37.6 Å². The van der Waals surface area contributed by atoms with Gasteiger partial charge in [-0.1, -0.05) is 24.3 Å². The summed E-state index contributed by atoms with van der Waals surface area (Å²) in [5, 5.41) is 1.93. The molecular formula is C20H24N3O2S+. The third-order valence-corrected chi connectivity index (χ3v) is 6.22. The highest BCUT2D eigenvalue weighted by Crippen LogP contribution is 2.31. The number of amides is 2. The topological polar surface area (TPSA) is 45.1 Å². The van der Waals surface area contributed by atoms with E-state index in [0.717, 1.165) is 30.1 Å². The minimum Gasteiger partial charge on any atom is -0.327 e. The van der Waals surface area contributed by atoms with Gasteiger partial charge in [-0.15, -0.1) is 11.3 Å². The molecule has 2 amide bonds. The van der Waals surface area contributed by atoms with Gasteiger partial charge < -0.3 is 14.7 Å². The second-order valence-electron chi connectivity index (χ2n) is 7.14. The molecule has 1 aromatic carbocycles. The number of benzene rings is 1. The number of rotatable bonds is 3. The lowest BCUT2D eigenvalue weighted by Gasteiger charge is -2.33. The highest BCUT2D eigenvalue weighted by atomic mass is 32.1. The van der Waals surface area contributed by atoms with Crippen LogP contribution in [0.3, 0.4) is 0 Å². The van der Waals surface area contributed by atoms with E-state index in [2.05, 4.69) is 13.0 Å². The van der Waals surface area contributed by atoms with Gasteiger partial charge in [-0.05, 0) is 36.4 Å². The van der Waals surface area contributed by atoms with Crippen LogP contribution in [0, 0.1) is 0 Å². The second kappa shape index (κ2) is 7.21. The maximum Gasteiger partial charge on any atom is 0.282 e. The first-order valence-electron chi connectivity index (χ1n) is 9.20. The quantitative estimate of drug-likeness (QED) is 0.878. The van der Waals surface area contributed by atoms with E-state index in [1.54, 1.807) is 0 Å². The Balaban J connectivity index is 1.35. The van der Waals surface area contributed by atoms with E-state index in [0.29, 0.717) is 19.6 Å². The normalized spacial score (nSPS) is 20.3. The molecule has 3 heterocycles. The van der Waals surface area contributed by atoms with E-state index < -0.39 is 0 Å². The summed E-state index contributed by atoms with van der Waals surface area (Å²) in [7, 11) is 0. The molecule has 0 radical (unpaired) electrons. The molecule has 4 rings (SSSR count). The Morgan fingerprint density at radius 3 is 2.65 bits per heavy atom. The molecule has 2 aromatic rings. The van der Waals surface area contributed by atoms with Crippen LogP contribution >= 0.6 is 11.3 Å². The number of nitrogens with zero attached hydrogens (tertiary/aromatic N) is 2. The van der Waals surface area contributed by atoms with Gasteiger partial charge in [0.05, 0.1) is 31.1 Å². The van der Waals surface area contributed by atoms with E-state index in [4.69, 9.17) is 0 Å². The number of piperazine rings is 1. The van der Waals surface area contributed by atoms with Crippen LogP contribution in [0.5, 0.6) is 0 Å². The number of hydrogen-bond donors (Lipinski definition) is 1. The Labute approximate surface area is 157 Å². The molecular weight excluding hydrogens is 346 g/mol. The van der Waals surface area contributed by atoms with Crippen molar-refractivity contribution in [3.8, 4) is 0 Å². The van der Waals surface area contributed by atoms with Crippen LogP contribution in [0.4, 0.5) is 5.69 Å². The highest BCUT2D eigenvalue weighted by molar-refractivity contribution is 7.12. The fraction of sp³-hybridized carbons (Fsp3) is 0.400. The zero-order valence-electron chi connectivity index (χ0n) is 15.0. The maximum absolute atomic E-state index is 12.9. The summed E-state index contributed by atoms with van der Waals surface area (Å²) in [5.41, 5.74) is 2.32. The Kier molecular flexibility index (Phi) is 4.78. The van der Waals surface area contributed by atoms with Crippen LogP contribution in [0.15, 0.2) is 41.8 Å². The molecule has 136 valence electrons. The van der Waals surface area contributed by atoms with Gasteiger partial charge in [0, 0.05) is 11.7 Å². The summed E-state index contributed by atoms with van der Waals surface area (Å²) in [5.74, 6) is 0.308. The van der Waals surface area contributed by atoms with Crippen LogP contribution < -0.4 is 9.80 Å². The number of thiophene rings is 1. The van der Waals surface area contributed by atoms with E-state index in [1.807, 2.05) is 45.5 Å². The third kappa shape index (κ3) is 3.27. The van der Waals surface area contributed by atoms with Crippen LogP contribution in [-0.2, 0) is 11.2 Å². The molecule has 1 fully saturated rings. The fourth-order valence-electron chi connectivity index (χ4n) is 4.00. The van der Waals surface area contributed by atoms with Crippen LogP contribution in [0.25, 0.3) is 0 Å². The van der Waals surface area contributed by atoms with Crippen molar-refractivity contribution >= 4 is 28.8 Å². The number of para-hydroxylation sites is 1. The standard InChI is InChI=1S/C20H23N3O2S/c1-15-13-16-5-2-3-6-17(16)23(15)19(24)14-21-8-10-22(11-9-21)20(25)18-7-4-12-26-18/h2-7,12,15H,8-11,13-14H2,1H3/p+1/t15-/m0/s1. The predicted molar refractivity (Wildman–Crippen MR) is 103 cm³/mol. The molecule has 1 aromatic heterocycles. The maximum atomic E-state index is 12.9. The van der Waals surface area contributed by atoms with Crippen LogP contribution in [0.1, 0.15) is 22.2 Å². The Hall–Kier alpha value is -2.18. The number of fused-ring (bicyclic) bond motifs is 1. The molecule has 0 saturated carbocycles. The lowest BCUT2D eigenvalue weighted by Crippen LogP contribution is -3.16. The largest absolute Gasteiger partial charge is 0.327 e. The molecule has 1 saturated heterocycles. The van der Waals surface area contributed by atoms with Crippen molar-refractivity contribution in [1.29, 1.82) is 0 Å². The summed E-state index contributed by atoms with van der Waals surface area (Å²) in [6.45, 7) is 5.70. The van der Waals surface area contributed by atoms with Crippen molar-refractivity contribution in [1.82, 2.24) is 4.90 Å². The molecule has 2 aliphatic rings. The molecule has 26 heavy (non-hydrogen) atoms. The van der Waals surface area contributed by atoms with Crippen molar-refractivity contribution in [2.24, 2.45) is 0 Å². The minimum absolute atomic E-state index is 0.118. The average Bonchev–Trinajstić information content (AvgIpc) is 3.28. The van der Waals surface area contributed by atoms with Crippen molar-refractivity contribution in [3.05, 3.63) is 52.2 Å². The first kappa shape index (κ1) is 17.2. The lowest BCUT2D eigenvalue weighted by atomic mass is 10.1. The van der Waals surface area contributed by atoms with Crippen molar-refractivity contribution in [2.45, 2.75) is 19.4 Å². The molecule has 0 bridgehead atoms. The lowest BCUT2D eigenvalue weighted by molar-refractivity contribution is -0.895. The molecule has 1 N–H and O–H groups in total. The van der Waals surface area contributed by atoms with Gasteiger partial charge in [0.1, 0.15) is 0 Å². The zero-order chi connectivity index (χ0) is 18.1. The predicted octanol–water partition coefficient (Wildman–Crippen LogP) is 1.07. The van der Waals surface area contributed by atoms with Crippen molar-refractivity contribution in [3.63, 3.8) is 0 Å². The minimum atomic E-state index is 0.118.